The summed E-state index contributed by atoms with van der Waals surface area (Å²) in [6, 6.07) is 23.5. The number of phenols is 1. The molecule has 4 aliphatic carbocycles. The van der Waals surface area contributed by atoms with Crippen molar-refractivity contribution in [3.63, 3.8) is 0 Å². The second-order valence-electron chi connectivity index (χ2n) is 25.5. The molecule has 3 aliphatic heterocycles. The van der Waals surface area contributed by atoms with Crippen LogP contribution in [0.1, 0.15) is 118 Å². The quantitative estimate of drug-likeness (QED) is 0.0252. The highest BCUT2D eigenvalue weighted by atomic mass is 16.5. The zero-order valence-electron chi connectivity index (χ0n) is 47.5. The predicted octanol–water partition coefficient (Wildman–Crippen LogP) is 8.28. The molecule has 12 heteroatoms. The second kappa shape index (κ2) is 25.9. The first kappa shape index (κ1) is 57.3. The van der Waals surface area contributed by atoms with E-state index in [1.807, 2.05) is 19.2 Å². The van der Waals surface area contributed by atoms with Crippen LogP contribution in [0.25, 0.3) is 5.57 Å². The average Bonchev–Trinajstić information content (AvgIpc) is 3.61. The smallest absolute Gasteiger partial charge is 0.163 e. The Kier molecular flexibility index (Phi) is 18.8. The Hall–Kier alpha value is -4.92. The second-order valence-corrected chi connectivity index (χ2v) is 25.5. The van der Waals surface area contributed by atoms with Crippen molar-refractivity contribution in [3.05, 3.63) is 136 Å². The number of aliphatic hydroxyl groups excluding tert-OH is 2. The summed E-state index contributed by atoms with van der Waals surface area (Å²) in [6.45, 7) is 6.16. The highest BCUT2D eigenvalue weighted by Crippen LogP contribution is 2.70. The van der Waals surface area contributed by atoms with E-state index >= 15 is 0 Å². The fourth-order valence-electron chi connectivity index (χ4n) is 17.1. The number of carbonyl (C=O) groups excluding carboxylic acids is 2. The predicted molar refractivity (Wildman–Crippen MR) is 315 cm³/mol. The Labute approximate surface area is 471 Å². The highest BCUT2D eigenvalue weighted by Gasteiger charge is 2.65. The molecule has 12 nitrogen and oxygen atoms in total. The molecule has 3 heterocycles. The van der Waals surface area contributed by atoms with Crippen molar-refractivity contribution < 1.29 is 29.6 Å². The number of rotatable bonds is 23. The van der Waals surface area contributed by atoms with Gasteiger partial charge >= 0.3 is 0 Å². The SMILES string of the molecule is CNC[C@H]1CC[C@]2(C1)[C@@H](NC[C@H](C)O)C[C@@]1(C[C@H]3[C@@H]4CCNC[C@@H]4C[C@@H]4C=CCN[C@@H]34)C[C@@H](CC(=O)CC(=O)/C=C(\CO)c3cc(OC)c(O)cc3CC3=CNC(N)C=C3CCc3cccc(CCc4ccccc4)c3)CC[C@H]12. The standard InChI is InChI=1S/C67H92N6O6/c1-43(75)38-72-63-37-66(36-59-57-21-24-70-40-53(57)27-50-13-8-23-71-65(50)59)34-47(17-19-62(66)67(63)22-20-48(35-67)39-69-2)26-55(76)32-56(77)29-54(42-74)58-33-61(79-3)60(78)30-51(58)28-52-41-73-64(68)31-49(52)18-16-46-12-7-11-45(25-46)15-14-44-9-5-4-6-10-44/h4-13,25,29-31,33,41,43,47-48,50,53,57,59,62-65,69-75,78H,14-24,26-28,32,34-40,42,68H2,1-3H3/b54-29+/t43-,47+,48-,50-,53-,57+,59-,62+,63-,64?,65+,66-,67+/m0/s1. The van der Waals surface area contributed by atoms with Gasteiger partial charge in [0.25, 0.3) is 0 Å². The van der Waals surface area contributed by atoms with Gasteiger partial charge in [0.1, 0.15) is 5.78 Å². The number of hydrogen-bond acceptors (Lipinski definition) is 12. The minimum atomic E-state index is -0.439. The van der Waals surface area contributed by atoms with Crippen LogP contribution >= 0.6 is 0 Å². The van der Waals surface area contributed by atoms with Crippen LogP contribution < -0.4 is 37.1 Å². The molecule has 4 saturated carbocycles. The van der Waals surface area contributed by atoms with Crippen molar-refractivity contribution in [2.24, 2.45) is 58.0 Å². The van der Waals surface area contributed by atoms with E-state index < -0.39 is 12.7 Å². The molecule has 1 spiro atoms. The number of hydrogen-bond donors (Lipinski definition) is 9. The summed E-state index contributed by atoms with van der Waals surface area (Å²) in [7, 11) is 3.57. The summed E-state index contributed by atoms with van der Waals surface area (Å²) in [5.74, 6) is 3.54. The number of allylic oxidation sites excluding steroid dienone is 3. The number of Topliss-reactive ketones (excluding diaryl/α,β-unsaturated/α-hetero) is 1. The number of fused-ring (bicyclic) bond motifs is 4. The first-order chi connectivity index (χ1) is 38.3. The number of carbonyl (C=O) groups is 2. The average molecular weight is 1080 g/mol. The van der Waals surface area contributed by atoms with Crippen LogP contribution in [0.15, 0.2) is 108 Å². The van der Waals surface area contributed by atoms with Crippen molar-refractivity contribution in [3.8, 4) is 11.5 Å². The van der Waals surface area contributed by atoms with E-state index in [1.54, 1.807) is 12.1 Å². The number of benzene rings is 3. The molecule has 0 radical (unpaired) electrons. The number of ether oxygens (including phenoxy) is 1. The maximum atomic E-state index is 14.4. The van der Waals surface area contributed by atoms with E-state index in [1.165, 1.54) is 62.0 Å². The Bertz CT molecular complexity index is 2720. The lowest BCUT2D eigenvalue weighted by molar-refractivity contribution is -0.126. The van der Waals surface area contributed by atoms with Gasteiger partial charge in [0.15, 0.2) is 17.3 Å². The zero-order valence-corrected chi connectivity index (χ0v) is 47.5. The van der Waals surface area contributed by atoms with Gasteiger partial charge in [0, 0.05) is 37.8 Å². The summed E-state index contributed by atoms with van der Waals surface area (Å²) in [4.78, 5) is 28.7. The molecule has 79 heavy (non-hydrogen) atoms. The van der Waals surface area contributed by atoms with Gasteiger partial charge in [-0.1, -0.05) is 66.7 Å². The zero-order chi connectivity index (χ0) is 55.1. The van der Waals surface area contributed by atoms with Crippen LogP contribution in [0.3, 0.4) is 0 Å². The molecule has 426 valence electrons. The van der Waals surface area contributed by atoms with E-state index in [9.17, 15) is 24.9 Å². The van der Waals surface area contributed by atoms with Crippen LogP contribution in [-0.2, 0) is 35.3 Å². The number of piperidine rings is 1. The number of aromatic hydroxyl groups is 1. The molecular weight excluding hydrogens is 985 g/mol. The molecule has 3 aromatic rings. The first-order valence-electron chi connectivity index (χ1n) is 30.3. The van der Waals surface area contributed by atoms with Gasteiger partial charge in [-0.25, -0.2) is 0 Å². The molecule has 7 aliphatic rings. The van der Waals surface area contributed by atoms with Crippen LogP contribution in [-0.4, -0.2) is 105 Å². The minimum Gasteiger partial charge on any atom is -0.504 e. The van der Waals surface area contributed by atoms with Crippen molar-refractivity contribution in [2.75, 3.05) is 53.5 Å². The third kappa shape index (κ3) is 13.2. The number of ketones is 2. The largest absolute Gasteiger partial charge is 0.504 e. The van der Waals surface area contributed by atoms with E-state index in [-0.39, 0.29) is 52.4 Å². The van der Waals surface area contributed by atoms with E-state index in [0.29, 0.717) is 83.7 Å². The number of aryl methyl sites for hydroxylation is 3. The number of aliphatic hydroxyl groups is 2. The fourth-order valence-corrected chi connectivity index (χ4v) is 17.1. The third-order valence-electron chi connectivity index (χ3n) is 20.3. The van der Waals surface area contributed by atoms with Crippen LogP contribution in [0.5, 0.6) is 11.5 Å². The Morgan fingerprint density at radius 2 is 1.73 bits per heavy atom. The van der Waals surface area contributed by atoms with Crippen LogP contribution in [0.4, 0.5) is 0 Å². The van der Waals surface area contributed by atoms with Crippen molar-refractivity contribution in [2.45, 2.75) is 140 Å². The molecule has 5 fully saturated rings. The first-order valence-corrected chi connectivity index (χ1v) is 30.3. The summed E-state index contributed by atoms with van der Waals surface area (Å²) >= 11 is 0. The lowest BCUT2D eigenvalue weighted by atomic mass is 9.52. The number of methoxy groups -OCH3 is 1. The number of nitrogens with one attached hydrogen (secondary N) is 5. The van der Waals surface area contributed by atoms with Gasteiger partial charge in [-0.3, -0.25) is 9.59 Å². The molecular formula is C67H92N6O6. The molecule has 0 amide bonds. The van der Waals surface area contributed by atoms with Crippen LogP contribution in [0.2, 0.25) is 0 Å². The minimum absolute atomic E-state index is 0.0400. The van der Waals surface area contributed by atoms with Gasteiger partial charge in [0.05, 0.1) is 32.4 Å². The van der Waals surface area contributed by atoms with Gasteiger partial charge < -0.3 is 52.4 Å². The van der Waals surface area contributed by atoms with E-state index in [4.69, 9.17) is 10.5 Å². The summed E-state index contributed by atoms with van der Waals surface area (Å²) in [5, 5.41) is 51.5. The maximum Gasteiger partial charge on any atom is 0.163 e. The number of nitrogens with two attached hydrogens (primary N) is 1. The third-order valence-corrected chi connectivity index (χ3v) is 20.3. The molecule has 13 atom stereocenters. The molecule has 3 aromatic carbocycles. The molecule has 0 aromatic heterocycles. The van der Waals surface area contributed by atoms with E-state index in [0.717, 1.165) is 95.1 Å². The van der Waals surface area contributed by atoms with Crippen molar-refractivity contribution in [1.29, 1.82) is 0 Å². The molecule has 10 N–H and O–H groups in total. The van der Waals surface area contributed by atoms with Gasteiger partial charge in [-0.2, -0.15) is 0 Å². The Morgan fingerprint density at radius 1 is 0.937 bits per heavy atom. The Morgan fingerprint density at radius 3 is 2.52 bits per heavy atom. The molecule has 1 saturated heterocycles. The molecule has 1 unspecified atom stereocenters. The van der Waals surface area contributed by atoms with E-state index in [2.05, 4.69) is 100 Å². The maximum absolute atomic E-state index is 14.4. The topological polar surface area (TPSA) is 190 Å². The molecule has 10 rings (SSSR count). The summed E-state index contributed by atoms with van der Waals surface area (Å²) < 4.78 is 5.59. The van der Waals surface area contributed by atoms with Gasteiger partial charge in [-0.15, -0.1) is 0 Å². The fraction of sp³-hybridized carbons (Fsp3) is 0.582. The lowest BCUT2D eigenvalue weighted by Crippen LogP contribution is -2.57. The number of phenolic OH excluding ortho intramolecular Hbond substituents is 1. The highest BCUT2D eigenvalue weighted by molar-refractivity contribution is 6.07. The summed E-state index contributed by atoms with van der Waals surface area (Å²) in [5.41, 5.74) is 14.3. The monoisotopic (exact) mass is 1080 g/mol. The van der Waals surface area contributed by atoms with Gasteiger partial charge in [-0.05, 0) is 251 Å². The van der Waals surface area contributed by atoms with Crippen molar-refractivity contribution >= 4 is 17.1 Å². The normalized spacial score (nSPS) is 31.6. The van der Waals surface area contributed by atoms with Crippen LogP contribution in [0, 0.1) is 52.3 Å². The van der Waals surface area contributed by atoms with Gasteiger partial charge in [0.2, 0.25) is 0 Å². The number of dihydropyridines is 1. The lowest BCUT2D eigenvalue weighted by Gasteiger charge is -2.55. The Balaban J connectivity index is 0.856. The summed E-state index contributed by atoms with van der Waals surface area (Å²) in [6.07, 6.45) is 24.9. The van der Waals surface area contributed by atoms with Crippen molar-refractivity contribution in [1.82, 2.24) is 26.6 Å². The molecule has 0 bridgehead atoms.